The highest BCUT2D eigenvalue weighted by Gasteiger charge is 2.20. The molecule has 0 bridgehead atoms. The predicted octanol–water partition coefficient (Wildman–Crippen LogP) is 4.34. The van der Waals surface area contributed by atoms with Gasteiger partial charge in [0, 0.05) is 19.4 Å². The van der Waals surface area contributed by atoms with Gasteiger partial charge >= 0.3 is 11.9 Å². The van der Waals surface area contributed by atoms with Crippen LogP contribution in [0.15, 0.2) is 0 Å². The third-order valence-corrected chi connectivity index (χ3v) is 7.16. The maximum atomic E-state index is 12.2. The molecule has 0 heterocycles. The first-order chi connectivity index (χ1) is 21.3. The number of carboxylic acid groups (broad SMARTS) is 2. The molecule has 0 aliphatic carbocycles. The molecule has 0 aromatic heterocycles. The molecule has 1 atom stereocenters. The zero-order chi connectivity index (χ0) is 32.7. The zero-order valence-electron chi connectivity index (χ0n) is 27.0. The Hall–Kier alpha value is -2.73. The third kappa shape index (κ3) is 29.3. The van der Waals surface area contributed by atoms with Crippen LogP contribution in [0.3, 0.4) is 0 Å². The van der Waals surface area contributed by atoms with Crippen LogP contribution in [0.25, 0.3) is 0 Å². The molecule has 12 heteroatoms. The van der Waals surface area contributed by atoms with E-state index in [4.69, 9.17) is 14.6 Å². The lowest BCUT2D eigenvalue weighted by atomic mass is 10.0. The number of nitrogens with one attached hydrogen (secondary N) is 3. The molecular formula is C32H59N3O9. The summed E-state index contributed by atoms with van der Waals surface area (Å²) in [7, 11) is 0. The second-order valence-corrected chi connectivity index (χ2v) is 11.2. The molecule has 5 N–H and O–H groups in total. The fraction of sp³-hybridized carbons (Fsp3) is 0.844. The Morgan fingerprint density at radius 2 is 1.11 bits per heavy atom. The van der Waals surface area contributed by atoms with Crippen molar-refractivity contribution in [3.8, 4) is 0 Å². The van der Waals surface area contributed by atoms with Crippen LogP contribution in [0.4, 0.5) is 0 Å². The van der Waals surface area contributed by atoms with Crippen molar-refractivity contribution in [3.63, 3.8) is 0 Å². The van der Waals surface area contributed by atoms with Gasteiger partial charge in [0.05, 0.1) is 19.8 Å². The summed E-state index contributed by atoms with van der Waals surface area (Å²) in [6.07, 6.45) is 20.2. The second kappa shape index (κ2) is 30.3. The lowest BCUT2D eigenvalue weighted by Crippen LogP contribution is -2.41. The Bertz CT molecular complexity index is 780. The number of carbonyl (C=O) groups is 5. The summed E-state index contributed by atoms with van der Waals surface area (Å²) in [6, 6.07) is -1.12. The van der Waals surface area contributed by atoms with E-state index in [0.717, 1.165) is 19.3 Å². The summed E-state index contributed by atoms with van der Waals surface area (Å²) < 4.78 is 10.3. The largest absolute Gasteiger partial charge is 0.480 e. The Morgan fingerprint density at radius 3 is 1.64 bits per heavy atom. The van der Waals surface area contributed by atoms with Crippen LogP contribution >= 0.6 is 0 Å². The molecule has 0 spiro atoms. The summed E-state index contributed by atoms with van der Waals surface area (Å²) in [6.45, 7) is 2.19. The smallest absolute Gasteiger partial charge is 0.326 e. The summed E-state index contributed by atoms with van der Waals surface area (Å²) >= 11 is 0. The van der Waals surface area contributed by atoms with Crippen molar-refractivity contribution in [3.05, 3.63) is 0 Å². The Kier molecular flexibility index (Phi) is 28.4. The van der Waals surface area contributed by atoms with Crippen LogP contribution in [0.1, 0.15) is 129 Å². The van der Waals surface area contributed by atoms with Crippen molar-refractivity contribution in [1.82, 2.24) is 16.0 Å². The van der Waals surface area contributed by atoms with Gasteiger partial charge in [-0.2, -0.15) is 0 Å². The van der Waals surface area contributed by atoms with Crippen molar-refractivity contribution in [1.29, 1.82) is 0 Å². The molecule has 0 fully saturated rings. The van der Waals surface area contributed by atoms with E-state index in [1.807, 2.05) is 0 Å². The third-order valence-electron chi connectivity index (χ3n) is 7.16. The van der Waals surface area contributed by atoms with Gasteiger partial charge in [0.25, 0.3) is 0 Å². The average Bonchev–Trinajstić information content (AvgIpc) is 2.99. The van der Waals surface area contributed by atoms with Crippen LogP contribution in [0, 0.1) is 0 Å². The number of amides is 3. The molecule has 3 amide bonds. The summed E-state index contributed by atoms with van der Waals surface area (Å²) in [5.41, 5.74) is 0. The van der Waals surface area contributed by atoms with Crippen LogP contribution in [0.5, 0.6) is 0 Å². The van der Waals surface area contributed by atoms with Gasteiger partial charge in [-0.25, -0.2) is 4.79 Å². The van der Waals surface area contributed by atoms with E-state index in [0.29, 0.717) is 0 Å². The van der Waals surface area contributed by atoms with E-state index in [1.165, 1.54) is 83.5 Å². The quantitative estimate of drug-likeness (QED) is 0.0677. The average molecular weight is 630 g/mol. The predicted molar refractivity (Wildman–Crippen MR) is 168 cm³/mol. The van der Waals surface area contributed by atoms with Gasteiger partial charge in [0.15, 0.2) is 0 Å². The van der Waals surface area contributed by atoms with E-state index in [2.05, 4.69) is 22.9 Å². The molecule has 0 radical (unpaired) electrons. The van der Waals surface area contributed by atoms with Crippen LogP contribution in [-0.2, 0) is 33.4 Å². The number of hydrogen-bond donors (Lipinski definition) is 5. The Labute approximate surface area is 263 Å². The summed E-state index contributed by atoms with van der Waals surface area (Å²) in [4.78, 5) is 57.4. The van der Waals surface area contributed by atoms with E-state index in [1.54, 1.807) is 0 Å². The molecular weight excluding hydrogens is 570 g/mol. The number of carbonyl (C=O) groups excluding carboxylic acids is 3. The number of ether oxygens (including phenoxy) is 2. The standard InChI is InChI=1S/C32H59N3O9/c1-2-3-4-5-6-7-8-9-10-11-12-13-14-15-16-17-18-29(37)35-27(32(41)42)19-20-28(36)33-21-22-43-23-24-44-26-30(38)34-25-31(39)40/h27H,2-26H2,1H3,(H,33,36)(H,34,38)(H,35,37)(H,39,40)(H,41,42)/t27-/m0/s1. The fourth-order valence-electron chi connectivity index (χ4n) is 4.59. The highest BCUT2D eigenvalue weighted by Crippen LogP contribution is 2.14. The van der Waals surface area contributed by atoms with Crippen LogP contribution < -0.4 is 16.0 Å². The maximum absolute atomic E-state index is 12.2. The van der Waals surface area contributed by atoms with Crippen molar-refractivity contribution in [2.75, 3.05) is 39.5 Å². The van der Waals surface area contributed by atoms with E-state index < -0.39 is 30.4 Å². The molecule has 0 aromatic rings. The van der Waals surface area contributed by atoms with Gasteiger partial charge in [-0.05, 0) is 12.8 Å². The lowest BCUT2D eigenvalue weighted by Gasteiger charge is -2.14. The van der Waals surface area contributed by atoms with E-state index >= 15 is 0 Å². The minimum atomic E-state index is -1.17. The lowest BCUT2D eigenvalue weighted by molar-refractivity contribution is -0.142. The number of aliphatic carboxylic acids is 2. The van der Waals surface area contributed by atoms with E-state index in [-0.39, 0.29) is 64.0 Å². The van der Waals surface area contributed by atoms with Gasteiger partial charge in [-0.3, -0.25) is 19.2 Å². The van der Waals surface area contributed by atoms with Crippen LogP contribution in [-0.4, -0.2) is 85.4 Å². The van der Waals surface area contributed by atoms with Gasteiger partial charge in [-0.1, -0.05) is 103 Å². The number of hydrogen-bond acceptors (Lipinski definition) is 7. The second-order valence-electron chi connectivity index (χ2n) is 11.2. The molecule has 0 rings (SSSR count). The van der Waals surface area contributed by atoms with E-state index in [9.17, 15) is 29.1 Å². The zero-order valence-corrected chi connectivity index (χ0v) is 27.0. The molecule has 12 nitrogen and oxygen atoms in total. The van der Waals surface area contributed by atoms with Gasteiger partial charge in [0.2, 0.25) is 17.7 Å². The molecule has 44 heavy (non-hydrogen) atoms. The first-order valence-electron chi connectivity index (χ1n) is 16.7. The first kappa shape index (κ1) is 41.3. The molecule has 256 valence electrons. The SMILES string of the molecule is CCCCCCCCCCCCCCCCCCC(=O)N[C@@H](CCC(=O)NCCOCCOCC(=O)NCC(=O)O)C(=O)O. The summed E-state index contributed by atoms with van der Waals surface area (Å²) in [5.74, 6) is -3.52. The van der Waals surface area contributed by atoms with Crippen molar-refractivity contribution in [2.45, 2.75) is 135 Å². The molecule has 0 aliphatic rings. The molecule has 0 saturated carbocycles. The summed E-state index contributed by atoms with van der Waals surface area (Å²) in [5, 5.41) is 25.2. The van der Waals surface area contributed by atoms with Crippen molar-refractivity contribution < 1.29 is 43.7 Å². The minimum Gasteiger partial charge on any atom is -0.480 e. The molecule has 0 unspecified atom stereocenters. The highest BCUT2D eigenvalue weighted by atomic mass is 16.5. The monoisotopic (exact) mass is 629 g/mol. The van der Waals surface area contributed by atoms with Crippen LogP contribution in [0.2, 0.25) is 0 Å². The fourth-order valence-corrected chi connectivity index (χ4v) is 4.59. The highest BCUT2D eigenvalue weighted by molar-refractivity contribution is 5.84. The molecule has 0 aliphatic heterocycles. The number of carboxylic acids is 2. The number of rotatable bonds is 32. The van der Waals surface area contributed by atoms with Crippen molar-refractivity contribution in [2.24, 2.45) is 0 Å². The molecule has 0 aromatic carbocycles. The Morgan fingerprint density at radius 1 is 0.591 bits per heavy atom. The van der Waals surface area contributed by atoms with Crippen molar-refractivity contribution >= 4 is 29.7 Å². The normalized spacial score (nSPS) is 11.6. The van der Waals surface area contributed by atoms with Gasteiger partial charge in [-0.15, -0.1) is 0 Å². The Balaban J connectivity index is 3.69. The molecule has 0 saturated heterocycles. The topological polar surface area (TPSA) is 180 Å². The first-order valence-corrected chi connectivity index (χ1v) is 16.7. The van der Waals surface area contributed by atoms with Gasteiger partial charge in [0.1, 0.15) is 19.2 Å². The maximum Gasteiger partial charge on any atom is 0.326 e. The van der Waals surface area contributed by atoms with Gasteiger partial charge < -0.3 is 35.6 Å². The minimum absolute atomic E-state index is 0.00942. The number of unbranched alkanes of at least 4 members (excludes halogenated alkanes) is 15.